The number of nitrogens with one attached hydrogen (secondary N) is 2. The van der Waals surface area contributed by atoms with Crippen LogP contribution in [0.2, 0.25) is 10.0 Å². The fourth-order valence-corrected chi connectivity index (χ4v) is 8.38. The maximum Gasteiger partial charge on any atom is 0.256 e. The van der Waals surface area contributed by atoms with Crippen LogP contribution in [0.15, 0.2) is 41.3 Å². The highest BCUT2D eigenvalue weighted by Gasteiger charge is 2.36. The van der Waals surface area contributed by atoms with E-state index in [4.69, 9.17) is 23.2 Å². The number of amides is 2. The molecule has 0 unspecified atom stereocenters. The van der Waals surface area contributed by atoms with E-state index in [1.165, 1.54) is 25.0 Å². The lowest BCUT2D eigenvalue weighted by atomic mass is 10.0. The maximum atomic E-state index is 13.8. The highest BCUT2D eigenvalue weighted by atomic mass is 35.5. The molecular weight excluding hydrogens is 607 g/mol. The van der Waals surface area contributed by atoms with Gasteiger partial charge in [0.25, 0.3) is 11.8 Å². The van der Waals surface area contributed by atoms with Gasteiger partial charge in [0, 0.05) is 63.4 Å². The Morgan fingerprint density at radius 2 is 1.84 bits per heavy atom. The Hall–Kier alpha value is -3.11. The van der Waals surface area contributed by atoms with Crippen molar-refractivity contribution in [2.75, 3.05) is 25.5 Å². The first kappa shape index (κ1) is 29.9. The van der Waals surface area contributed by atoms with Gasteiger partial charge in [-0.3, -0.25) is 9.59 Å². The van der Waals surface area contributed by atoms with Crippen LogP contribution >= 0.6 is 23.2 Å². The van der Waals surface area contributed by atoms with Gasteiger partial charge in [0.05, 0.1) is 21.8 Å². The number of sulfone groups is 1. The summed E-state index contributed by atoms with van der Waals surface area (Å²) in [6, 6.07) is 10.2. The number of likely N-dealkylation sites (N-methyl/N-ethyl adjacent to an activating group) is 1. The molecule has 3 heterocycles. The Bertz CT molecular complexity index is 1760. The Morgan fingerprint density at radius 3 is 2.53 bits per heavy atom. The van der Waals surface area contributed by atoms with Gasteiger partial charge in [-0.15, -0.1) is 0 Å². The van der Waals surface area contributed by atoms with Crippen molar-refractivity contribution in [2.24, 2.45) is 0 Å². The summed E-state index contributed by atoms with van der Waals surface area (Å²) >= 11 is 12.5. The van der Waals surface area contributed by atoms with Gasteiger partial charge < -0.3 is 20.1 Å². The number of benzene rings is 2. The number of fused-ring (bicyclic) bond motifs is 1. The third kappa shape index (κ3) is 5.76. The molecule has 0 radical (unpaired) electrons. The van der Waals surface area contributed by atoms with Crippen LogP contribution in [0.3, 0.4) is 0 Å². The number of aromatic nitrogens is 1. The summed E-state index contributed by atoms with van der Waals surface area (Å²) in [5, 5.41) is 3.37. The van der Waals surface area contributed by atoms with E-state index in [1.807, 2.05) is 18.7 Å². The molecule has 6 rings (SSSR count). The van der Waals surface area contributed by atoms with Crippen molar-refractivity contribution in [3.63, 3.8) is 0 Å². The lowest BCUT2D eigenvalue weighted by Crippen LogP contribution is -2.43. The second-order valence-corrected chi connectivity index (χ2v) is 14.6. The van der Waals surface area contributed by atoms with E-state index in [2.05, 4.69) is 22.2 Å². The van der Waals surface area contributed by atoms with Gasteiger partial charge in [-0.05, 0) is 88.5 Å². The number of anilines is 1. The van der Waals surface area contributed by atoms with Crippen molar-refractivity contribution in [1.82, 2.24) is 14.8 Å². The molecule has 226 valence electrons. The number of aromatic amines is 1. The standard InChI is InChI=1S/C32H34Cl2N4O4S/c1-18-29(35-19(2)30(18)32(40)38-13-5-6-21(38)16-37(3)20-9-10-20)15-24-23-14-22(11-12-28(23)36-31(24)39)43(41,42)17-25-26(33)7-4-8-27(25)34/h4,7-8,11-12,14-15,20-21,35H,5-6,9-10,13,16-17H2,1-3H3,(H,36,39)/b24-15-/t21-/m0/s1. The second-order valence-electron chi connectivity index (χ2n) is 11.8. The zero-order valence-electron chi connectivity index (χ0n) is 24.3. The summed E-state index contributed by atoms with van der Waals surface area (Å²) in [5.41, 5.74) is 4.39. The van der Waals surface area contributed by atoms with Crippen molar-refractivity contribution in [3.05, 3.63) is 80.1 Å². The van der Waals surface area contributed by atoms with Crippen LogP contribution in [0.4, 0.5) is 5.69 Å². The molecule has 1 atom stereocenters. The average molecular weight is 642 g/mol. The SMILES string of the molecule is Cc1[nH]c(/C=C2\C(=O)Nc3ccc(S(=O)(=O)Cc4c(Cl)cccc4Cl)cc32)c(C)c1C(=O)N1CCC[C@H]1CN(C)C1CC1. The van der Waals surface area contributed by atoms with Crippen LogP contribution in [0.25, 0.3) is 11.6 Å². The molecule has 3 aliphatic rings. The van der Waals surface area contributed by atoms with Crippen molar-refractivity contribution in [1.29, 1.82) is 0 Å². The minimum atomic E-state index is -3.84. The summed E-state index contributed by atoms with van der Waals surface area (Å²) in [7, 11) is -1.70. The Labute approximate surface area is 262 Å². The molecule has 0 bridgehead atoms. The number of rotatable bonds is 8. The van der Waals surface area contributed by atoms with Gasteiger partial charge in [-0.2, -0.15) is 0 Å². The molecule has 1 saturated carbocycles. The summed E-state index contributed by atoms with van der Waals surface area (Å²) in [4.78, 5) is 34.6. The predicted molar refractivity (Wildman–Crippen MR) is 170 cm³/mol. The van der Waals surface area contributed by atoms with E-state index in [1.54, 1.807) is 30.3 Å². The van der Waals surface area contributed by atoms with Gasteiger partial charge in [0.15, 0.2) is 9.84 Å². The molecule has 11 heteroatoms. The van der Waals surface area contributed by atoms with E-state index in [0.717, 1.165) is 37.2 Å². The van der Waals surface area contributed by atoms with Gasteiger partial charge in [-0.25, -0.2) is 8.42 Å². The van der Waals surface area contributed by atoms with E-state index >= 15 is 0 Å². The molecule has 2 N–H and O–H groups in total. The molecule has 1 saturated heterocycles. The monoisotopic (exact) mass is 640 g/mol. The summed E-state index contributed by atoms with van der Waals surface area (Å²) in [5.74, 6) is -0.717. The van der Waals surface area contributed by atoms with Gasteiger partial charge in [-0.1, -0.05) is 29.3 Å². The molecule has 2 aromatic carbocycles. The molecule has 43 heavy (non-hydrogen) atoms. The number of likely N-dealkylation sites (tertiary alicyclic amines) is 1. The molecule has 8 nitrogen and oxygen atoms in total. The number of halogens is 2. The molecule has 2 fully saturated rings. The highest BCUT2D eigenvalue weighted by molar-refractivity contribution is 7.90. The number of aryl methyl sites for hydroxylation is 1. The van der Waals surface area contributed by atoms with Crippen molar-refractivity contribution in [3.8, 4) is 0 Å². The Balaban J connectivity index is 1.29. The fraction of sp³-hybridized carbons (Fsp3) is 0.375. The van der Waals surface area contributed by atoms with E-state index < -0.39 is 9.84 Å². The van der Waals surface area contributed by atoms with Gasteiger partial charge >= 0.3 is 0 Å². The molecule has 3 aromatic rings. The zero-order valence-corrected chi connectivity index (χ0v) is 26.7. The topological polar surface area (TPSA) is 103 Å². The summed E-state index contributed by atoms with van der Waals surface area (Å²) in [6.07, 6.45) is 6.13. The Kier molecular flexibility index (Phi) is 7.96. The number of carbonyl (C=O) groups is 2. The van der Waals surface area contributed by atoms with Crippen molar-refractivity contribution >= 4 is 62.2 Å². The van der Waals surface area contributed by atoms with Crippen LogP contribution in [0, 0.1) is 13.8 Å². The number of hydrogen-bond acceptors (Lipinski definition) is 5. The zero-order chi connectivity index (χ0) is 30.6. The average Bonchev–Trinajstić information content (AvgIpc) is 3.55. The lowest BCUT2D eigenvalue weighted by molar-refractivity contribution is -0.110. The number of carbonyl (C=O) groups excluding carboxylic acids is 2. The summed E-state index contributed by atoms with van der Waals surface area (Å²) < 4.78 is 26.8. The smallest absolute Gasteiger partial charge is 0.256 e. The molecule has 1 aliphatic carbocycles. The predicted octanol–water partition coefficient (Wildman–Crippen LogP) is 6.10. The van der Waals surface area contributed by atoms with Crippen molar-refractivity contribution in [2.45, 2.75) is 62.3 Å². The van der Waals surface area contributed by atoms with Crippen LogP contribution in [0.5, 0.6) is 0 Å². The molecule has 0 spiro atoms. The first-order valence-electron chi connectivity index (χ1n) is 14.5. The molecular formula is C32H34Cl2N4O4S. The number of hydrogen-bond donors (Lipinski definition) is 2. The van der Waals surface area contributed by atoms with E-state index in [0.29, 0.717) is 39.7 Å². The van der Waals surface area contributed by atoms with Gasteiger partial charge in [0.2, 0.25) is 0 Å². The van der Waals surface area contributed by atoms with Crippen LogP contribution in [0.1, 0.15) is 64.1 Å². The largest absolute Gasteiger partial charge is 0.358 e. The summed E-state index contributed by atoms with van der Waals surface area (Å²) in [6.45, 7) is 5.36. The minimum Gasteiger partial charge on any atom is -0.358 e. The van der Waals surface area contributed by atoms with Crippen LogP contribution in [-0.4, -0.2) is 67.2 Å². The first-order chi connectivity index (χ1) is 20.4. The van der Waals surface area contributed by atoms with E-state index in [-0.39, 0.29) is 38.5 Å². The number of nitrogens with zero attached hydrogens (tertiary/aromatic N) is 2. The van der Waals surface area contributed by atoms with Crippen LogP contribution in [-0.2, 0) is 20.4 Å². The molecule has 2 amide bonds. The fourth-order valence-electron chi connectivity index (χ4n) is 6.26. The van der Waals surface area contributed by atoms with Crippen molar-refractivity contribution < 1.29 is 18.0 Å². The minimum absolute atomic E-state index is 0.00508. The molecule has 2 aliphatic heterocycles. The molecule has 1 aromatic heterocycles. The lowest BCUT2D eigenvalue weighted by Gasteiger charge is -2.29. The quantitative estimate of drug-likeness (QED) is 0.290. The third-order valence-corrected chi connectivity index (χ3v) is 11.2. The maximum absolute atomic E-state index is 13.8. The second kappa shape index (κ2) is 11.4. The Morgan fingerprint density at radius 1 is 1.12 bits per heavy atom. The van der Waals surface area contributed by atoms with E-state index in [9.17, 15) is 18.0 Å². The number of H-pyrrole nitrogens is 1. The van der Waals surface area contributed by atoms with Gasteiger partial charge in [0.1, 0.15) is 0 Å². The van der Waals surface area contributed by atoms with Crippen LogP contribution < -0.4 is 5.32 Å². The third-order valence-electron chi connectivity index (χ3n) is 8.81. The first-order valence-corrected chi connectivity index (χ1v) is 16.9. The highest BCUT2D eigenvalue weighted by Crippen LogP contribution is 2.37. The normalized spacial score (nSPS) is 19.4.